The molecule has 8 nitrogen and oxygen atoms in total. The maximum atomic E-state index is 11.8. The van der Waals surface area contributed by atoms with Gasteiger partial charge in [-0.15, -0.1) is 23.7 Å². The number of anilines is 1. The van der Waals surface area contributed by atoms with Gasteiger partial charge >= 0.3 is 6.09 Å². The smallest absolute Gasteiger partial charge is 0.407 e. The number of aryl methyl sites for hydroxylation is 1. The zero-order chi connectivity index (χ0) is 21.9. The number of ether oxygens (including phenoxy) is 1. The molecule has 1 amide bonds. The number of aromatic nitrogens is 3. The molecule has 0 saturated carbocycles. The van der Waals surface area contributed by atoms with Crippen LogP contribution in [0.1, 0.15) is 50.3 Å². The van der Waals surface area contributed by atoms with Gasteiger partial charge < -0.3 is 20.5 Å². The number of aliphatic hydroxyl groups is 1. The minimum Gasteiger partial charge on any atom is -0.444 e. The molecule has 3 heterocycles. The largest absolute Gasteiger partial charge is 0.444 e. The summed E-state index contributed by atoms with van der Waals surface area (Å²) in [5.74, 6) is 3.17. The highest BCUT2D eigenvalue weighted by Gasteiger charge is 2.18. The van der Waals surface area contributed by atoms with E-state index in [-0.39, 0.29) is 0 Å². The van der Waals surface area contributed by atoms with Crippen LogP contribution in [-0.2, 0) is 4.74 Å². The minimum atomic E-state index is -0.617. The number of rotatable bonds is 7. The third-order valence-electron chi connectivity index (χ3n) is 4.27. The summed E-state index contributed by atoms with van der Waals surface area (Å²) in [4.78, 5) is 22.7. The van der Waals surface area contributed by atoms with Crippen molar-refractivity contribution in [3.8, 4) is 12.3 Å². The highest BCUT2D eigenvalue weighted by Crippen LogP contribution is 2.33. The third kappa shape index (κ3) is 5.01. The molecule has 3 N–H and O–H groups in total. The van der Waals surface area contributed by atoms with E-state index in [1.807, 2.05) is 38.2 Å². The van der Waals surface area contributed by atoms with Gasteiger partial charge in [0.2, 0.25) is 0 Å². The average molecular weight is 430 g/mol. The van der Waals surface area contributed by atoms with Crippen LogP contribution in [0, 0.1) is 19.3 Å². The number of carbonyl (C=O) groups excluding carboxylic acids is 1. The third-order valence-corrected chi connectivity index (χ3v) is 5.48. The molecule has 160 valence electrons. The molecule has 9 heteroatoms. The SMILES string of the molecule is C#CCCC(O)c1cc2nc(NCCNC(=O)OC(C)(C)C)c3ncc(C)n3c2s1. The van der Waals surface area contributed by atoms with Crippen molar-refractivity contribution in [2.24, 2.45) is 0 Å². The van der Waals surface area contributed by atoms with Crippen molar-refractivity contribution in [2.75, 3.05) is 18.4 Å². The second kappa shape index (κ2) is 8.90. The number of thiophene rings is 1. The molecule has 1 atom stereocenters. The number of terminal acetylenes is 1. The average Bonchev–Trinajstić information content (AvgIpc) is 3.25. The van der Waals surface area contributed by atoms with Crippen molar-refractivity contribution in [3.63, 3.8) is 0 Å². The summed E-state index contributed by atoms with van der Waals surface area (Å²) >= 11 is 1.49. The lowest BCUT2D eigenvalue weighted by Crippen LogP contribution is -2.35. The van der Waals surface area contributed by atoms with Crippen molar-refractivity contribution in [1.82, 2.24) is 19.7 Å². The summed E-state index contributed by atoms with van der Waals surface area (Å²) in [6.45, 7) is 8.27. The first-order valence-corrected chi connectivity index (χ1v) is 10.6. The number of nitrogens with one attached hydrogen (secondary N) is 2. The van der Waals surface area contributed by atoms with Gasteiger partial charge in [0.1, 0.15) is 15.9 Å². The number of aliphatic hydroxyl groups excluding tert-OH is 1. The van der Waals surface area contributed by atoms with E-state index in [4.69, 9.17) is 16.1 Å². The van der Waals surface area contributed by atoms with Gasteiger partial charge in [-0.3, -0.25) is 4.40 Å². The van der Waals surface area contributed by atoms with Crippen molar-refractivity contribution < 1.29 is 14.6 Å². The Labute approximate surface area is 179 Å². The van der Waals surface area contributed by atoms with Crippen molar-refractivity contribution in [2.45, 2.75) is 52.2 Å². The fourth-order valence-electron chi connectivity index (χ4n) is 2.97. The summed E-state index contributed by atoms with van der Waals surface area (Å²) in [6.07, 6.45) is 7.05. The van der Waals surface area contributed by atoms with Crippen LogP contribution >= 0.6 is 11.3 Å². The quantitative estimate of drug-likeness (QED) is 0.392. The summed E-state index contributed by atoms with van der Waals surface area (Å²) in [6, 6.07) is 1.89. The highest BCUT2D eigenvalue weighted by atomic mass is 32.1. The van der Waals surface area contributed by atoms with E-state index in [0.717, 1.165) is 20.9 Å². The standard InChI is InChI=1S/C21H27N5O3S/c1-6-7-8-15(27)16-11-14-19(30-16)26-13(2)12-24-18(26)17(25-14)22-9-10-23-20(28)29-21(3,4)5/h1,11-12,15,27H,7-10H2,2-5H3,(H,22,25)(H,23,28). The number of amides is 1. The summed E-state index contributed by atoms with van der Waals surface area (Å²) in [5.41, 5.74) is 1.90. The highest BCUT2D eigenvalue weighted by molar-refractivity contribution is 7.18. The number of hydrogen-bond donors (Lipinski definition) is 3. The Morgan fingerprint density at radius 2 is 2.20 bits per heavy atom. The van der Waals surface area contributed by atoms with Crippen LogP contribution in [0.4, 0.5) is 10.6 Å². The van der Waals surface area contributed by atoms with E-state index in [9.17, 15) is 9.90 Å². The molecule has 1 unspecified atom stereocenters. The predicted molar refractivity (Wildman–Crippen MR) is 119 cm³/mol. The molecule has 30 heavy (non-hydrogen) atoms. The number of alkyl carbamates (subject to hydrolysis) is 1. The molecule has 0 aromatic carbocycles. The molecule has 0 spiro atoms. The van der Waals surface area contributed by atoms with Gasteiger partial charge in [-0.25, -0.2) is 14.8 Å². The molecule has 0 radical (unpaired) electrons. The molecular weight excluding hydrogens is 402 g/mol. The fourth-order valence-corrected chi connectivity index (χ4v) is 4.14. The first-order valence-electron chi connectivity index (χ1n) is 9.79. The molecule has 0 aliphatic carbocycles. The number of nitrogens with zero attached hydrogens (tertiary/aromatic N) is 3. The van der Waals surface area contributed by atoms with Crippen LogP contribution in [0.5, 0.6) is 0 Å². The van der Waals surface area contributed by atoms with Gasteiger partial charge in [0.05, 0.1) is 6.10 Å². The number of hydrogen-bond acceptors (Lipinski definition) is 7. The molecule has 0 saturated heterocycles. The zero-order valence-corrected chi connectivity index (χ0v) is 18.5. The van der Waals surface area contributed by atoms with E-state index >= 15 is 0 Å². The molecule has 3 aromatic rings. The normalized spacial score (nSPS) is 12.7. The van der Waals surface area contributed by atoms with Crippen LogP contribution in [0.25, 0.3) is 16.0 Å². The number of fused-ring (bicyclic) bond motifs is 3. The molecule has 0 fully saturated rings. The van der Waals surface area contributed by atoms with Gasteiger partial charge in [-0.1, -0.05) is 0 Å². The Morgan fingerprint density at radius 3 is 2.90 bits per heavy atom. The minimum absolute atomic E-state index is 0.375. The lowest BCUT2D eigenvalue weighted by atomic mass is 10.2. The lowest BCUT2D eigenvalue weighted by molar-refractivity contribution is 0.0530. The lowest BCUT2D eigenvalue weighted by Gasteiger charge is -2.19. The van der Waals surface area contributed by atoms with Crippen molar-refractivity contribution in [1.29, 1.82) is 0 Å². The Bertz CT molecular complexity index is 1090. The Morgan fingerprint density at radius 1 is 1.43 bits per heavy atom. The molecule has 3 aromatic heterocycles. The number of imidazole rings is 1. The fraction of sp³-hybridized carbons (Fsp3) is 0.476. The first kappa shape index (κ1) is 21.9. The maximum absolute atomic E-state index is 11.8. The second-order valence-corrected chi connectivity index (χ2v) is 9.03. The van der Waals surface area contributed by atoms with Gasteiger partial charge in [0.15, 0.2) is 11.5 Å². The van der Waals surface area contributed by atoms with Crippen molar-refractivity contribution in [3.05, 3.63) is 22.8 Å². The van der Waals surface area contributed by atoms with Crippen LogP contribution in [0.2, 0.25) is 0 Å². The second-order valence-electron chi connectivity index (χ2n) is 7.97. The first-order chi connectivity index (χ1) is 14.2. The van der Waals surface area contributed by atoms with E-state index in [1.54, 1.807) is 6.20 Å². The summed E-state index contributed by atoms with van der Waals surface area (Å²) < 4.78 is 7.25. The van der Waals surface area contributed by atoms with E-state index in [1.165, 1.54) is 11.3 Å². The van der Waals surface area contributed by atoms with Crippen LogP contribution < -0.4 is 10.6 Å². The van der Waals surface area contributed by atoms with E-state index in [2.05, 4.69) is 21.5 Å². The maximum Gasteiger partial charge on any atom is 0.407 e. The van der Waals surface area contributed by atoms with Crippen LogP contribution in [-0.4, -0.2) is 44.3 Å². The van der Waals surface area contributed by atoms with Gasteiger partial charge in [-0.05, 0) is 40.2 Å². The van der Waals surface area contributed by atoms with Crippen molar-refractivity contribution >= 4 is 39.2 Å². The number of carbonyl (C=O) groups is 1. The van der Waals surface area contributed by atoms with Gasteiger partial charge in [-0.2, -0.15) is 0 Å². The Hall–Kier alpha value is -2.83. The van der Waals surface area contributed by atoms with E-state index < -0.39 is 17.8 Å². The summed E-state index contributed by atoms with van der Waals surface area (Å²) in [5, 5.41) is 16.4. The molecule has 0 aliphatic heterocycles. The Kier molecular flexibility index (Phi) is 6.48. The summed E-state index contributed by atoms with van der Waals surface area (Å²) in [7, 11) is 0. The zero-order valence-electron chi connectivity index (χ0n) is 17.7. The monoisotopic (exact) mass is 429 g/mol. The molecule has 3 rings (SSSR count). The van der Waals surface area contributed by atoms with Crippen LogP contribution in [0.3, 0.4) is 0 Å². The molecule has 0 bridgehead atoms. The van der Waals surface area contributed by atoms with E-state index in [0.29, 0.717) is 37.4 Å². The molecule has 0 aliphatic rings. The van der Waals surface area contributed by atoms with Gasteiger partial charge in [0, 0.05) is 36.3 Å². The molecular formula is C21H27N5O3S. The van der Waals surface area contributed by atoms with Gasteiger partial charge in [0.25, 0.3) is 0 Å². The topological polar surface area (TPSA) is 101 Å². The Balaban J connectivity index is 1.78. The predicted octanol–water partition coefficient (Wildman–Crippen LogP) is 3.64. The van der Waals surface area contributed by atoms with Crippen LogP contribution in [0.15, 0.2) is 12.3 Å².